The Hall–Kier alpha value is -5.67. The quantitative estimate of drug-likeness (QED) is 0.208. The van der Waals surface area contributed by atoms with Crippen LogP contribution < -0.4 is 0 Å². The van der Waals surface area contributed by atoms with Crippen LogP contribution in [0.5, 0.6) is 0 Å². The second-order valence-electron chi connectivity index (χ2n) is 10.8. The predicted molar refractivity (Wildman–Crippen MR) is 176 cm³/mol. The van der Waals surface area contributed by atoms with Crippen molar-refractivity contribution in [3.05, 3.63) is 140 Å². The smallest absolute Gasteiger partial charge is 0.0722 e. The van der Waals surface area contributed by atoms with Crippen LogP contribution in [0, 0.1) is 0 Å². The summed E-state index contributed by atoms with van der Waals surface area (Å²) in [7, 11) is 0. The Morgan fingerprint density at radius 1 is 0.310 bits per heavy atom. The predicted octanol–water partition coefficient (Wildman–Crippen LogP) is 10.1. The summed E-state index contributed by atoms with van der Waals surface area (Å²) in [5, 5.41) is 6.78. The molecule has 0 spiro atoms. The molecule has 9 aromatic rings. The van der Waals surface area contributed by atoms with Gasteiger partial charge < -0.3 is 0 Å². The van der Waals surface area contributed by atoms with Crippen molar-refractivity contribution in [1.29, 1.82) is 0 Å². The van der Waals surface area contributed by atoms with Crippen LogP contribution in [0.25, 0.3) is 87.7 Å². The molecule has 0 N–H and O–H groups in total. The molecule has 0 fully saturated rings. The highest BCUT2D eigenvalue weighted by atomic mass is 14.7. The summed E-state index contributed by atoms with van der Waals surface area (Å²) in [6, 6.07) is 49.1. The van der Waals surface area contributed by atoms with E-state index in [-0.39, 0.29) is 0 Å². The second-order valence-corrected chi connectivity index (χ2v) is 10.8. The Kier molecular flexibility index (Phi) is 4.90. The van der Waals surface area contributed by atoms with Crippen molar-refractivity contribution < 1.29 is 0 Å². The first-order valence-electron chi connectivity index (χ1n) is 14.2. The number of rotatable bonds is 2. The van der Waals surface area contributed by atoms with Crippen molar-refractivity contribution in [2.24, 2.45) is 0 Å². The van der Waals surface area contributed by atoms with E-state index in [1.165, 1.54) is 11.1 Å². The molecular weight excluding hydrogens is 510 g/mol. The van der Waals surface area contributed by atoms with Crippen LogP contribution in [-0.2, 0) is 0 Å². The zero-order valence-corrected chi connectivity index (χ0v) is 22.6. The maximum Gasteiger partial charge on any atom is 0.0722 e. The third-order valence-corrected chi connectivity index (χ3v) is 8.37. The molecule has 0 bridgehead atoms. The van der Waals surface area contributed by atoms with Crippen LogP contribution in [0.3, 0.4) is 0 Å². The maximum absolute atomic E-state index is 5.24. The first-order chi connectivity index (χ1) is 20.8. The molecule has 0 aliphatic heterocycles. The van der Waals surface area contributed by atoms with Gasteiger partial charge in [-0.2, -0.15) is 0 Å². The Bertz CT molecular complexity index is 2420. The lowest BCUT2D eigenvalue weighted by Gasteiger charge is -2.17. The van der Waals surface area contributed by atoms with Gasteiger partial charge in [0.05, 0.1) is 33.1 Å². The van der Waals surface area contributed by atoms with Crippen molar-refractivity contribution in [2.75, 3.05) is 0 Å². The van der Waals surface area contributed by atoms with E-state index in [1.807, 2.05) is 0 Å². The zero-order valence-electron chi connectivity index (χ0n) is 22.6. The van der Waals surface area contributed by atoms with Gasteiger partial charge in [-0.3, -0.25) is 0 Å². The molecule has 9 rings (SSSR count). The van der Waals surface area contributed by atoms with Crippen molar-refractivity contribution in [1.82, 2.24) is 15.0 Å². The monoisotopic (exact) mass is 533 g/mol. The fourth-order valence-electron chi connectivity index (χ4n) is 6.51. The summed E-state index contributed by atoms with van der Waals surface area (Å²) in [6.45, 7) is 0. The molecule has 0 aliphatic rings. The van der Waals surface area contributed by atoms with Crippen molar-refractivity contribution >= 4 is 65.4 Å². The van der Waals surface area contributed by atoms with Crippen molar-refractivity contribution in [3.63, 3.8) is 0 Å². The van der Waals surface area contributed by atoms with Crippen LogP contribution >= 0.6 is 0 Å². The minimum Gasteiger partial charge on any atom is -0.248 e. The molecule has 3 nitrogen and oxygen atoms in total. The highest BCUT2D eigenvalue weighted by molar-refractivity contribution is 6.18. The van der Waals surface area contributed by atoms with Gasteiger partial charge in [0, 0.05) is 43.4 Å². The summed E-state index contributed by atoms with van der Waals surface area (Å²) in [6.07, 6.45) is 0. The second kappa shape index (κ2) is 8.92. The SMILES string of the molecule is c1ccc2nc3cc(-c4c5ccccc5nc5ccccc45)cc(-c4c5ccccc5nc5ccccc45)c3cc2c1. The molecule has 3 heteroatoms. The first kappa shape index (κ1) is 23.1. The highest BCUT2D eigenvalue weighted by Gasteiger charge is 2.19. The number of nitrogens with zero attached hydrogens (tertiary/aromatic N) is 3. The molecule has 0 saturated heterocycles. The van der Waals surface area contributed by atoms with Crippen LogP contribution in [-0.4, -0.2) is 15.0 Å². The Morgan fingerprint density at radius 2 is 0.738 bits per heavy atom. The highest BCUT2D eigenvalue weighted by Crippen LogP contribution is 2.43. The average molecular weight is 534 g/mol. The molecule has 3 heterocycles. The standard InChI is InChI=1S/C39H23N3/c1-6-16-32-24(11-1)21-30-31(39-28-14-4-9-19-35(28)42-36-20-10-5-15-29(36)39)22-25(23-37(30)40-32)38-26-12-2-7-17-33(26)41-34-18-8-3-13-27(34)38/h1-23H. The number of para-hydroxylation sites is 5. The van der Waals surface area contributed by atoms with E-state index in [0.29, 0.717) is 0 Å². The van der Waals surface area contributed by atoms with Crippen molar-refractivity contribution in [2.45, 2.75) is 0 Å². The average Bonchev–Trinajstić information content (AvgIpc) is 3.04. The third-order valence-electron chi connectivity index (χ3n) is 8.37. The van der Waals surface area contributed by atoms with Gasteiger partial charge in [0.15, 0.2) is 0 Å². The number of pyridine rings is 3. The van der Waals surface area contributed by atoms with Gasteiger partial charge in [-0.1, -0.05) is 91.0 Å². The molecule has 3 aromatic heterocycles. The van der Waals surface area contributed by atoms with Crippen molar-refractivity contribution in [3.8, 4) is 22.3 Å². The topological polar surface area (TPSA) is 38.7 Å². The minimum absolute atomic E-state index is 0.969. The molecule has 0 atom stereocenters. The summed E-state index contributed by atoms with van der Waals surface area (Å²) in [5.74, 6) is 0. The van der Waals surface area contributed by atoms with E-state index < -0.39 is 0 Å². The lowest BCUT2D eigenvalue weighted by Crippen LogP contribution is -1.94. The van der Waals surface area contributed by atoms with E-state index in [2.05, 4.69) is 140 Å². The van der Waals surface area contributed by atoms with Gasteiger partial charge in [0.1, 0.15) is 0 Å². The van der Waals surface area contributed by atoms with E-state index in [1.54, 1.807) is 0 Å². The third kappa shape index (κ3) is 3.44. The van der Waals surface area contributed by atoms with Crippen LogP contribution in [0.4, 0.5) is 0 Å². The van der Waals surface area contributed by atoms with Gasteiger partial charge >= 0.3 is 0 Å². The summed E-state index contributed by atoms with van der Waals surface area (Å²) in [5.41, 5.74) is 10.5. The fourth-order valence-corrected chi connectivity index (χ4v) is 6.51. The molecule has 42 heavy (non-hydrogen) atoms. The lowest BCUT2D eigenvalue weighted by atomic mass is 9.88. The molecule has 0 amide bonds. The molecule has 0 saturated carbocycles. The molecule has 0 radical (unpaired) electrons. The Labute approximate surface area is 241 Å². The molecular formula is C39H23N3. The summed E-state index contributed by atoms with van der Waals surface area (Å²) >= 11 is 0. The van der Waals surface area contributed by atoms with Gasteiger partial charge in [-0.05, 0) is 59.7 Å². The Balaban J connectivity index is 1.51. The normalized spacial score (nSPS) is 11.8. The molecule has 194 valence electrons. The van der Waals surface area contributed by atoms with Crippen LogP contribution in [0.1, 0.15) is 0 Å². The van der Waals surface area contributed by atoms with E-state index in [9.17, 15) is 0 Å². The number of hydrogen-bond donors (Lipinski definition) is 0. The first-order valence-corrected chi connectivity index (χ1v) is 14.2. The van der Waals surface area contributed by atoms with Gasteiger partial charge in [-0.25, -0.2) is 15.0 Å². The summed E-state index contributed by atoms with van der Waals surface area (Å²) in [4.78, 5) is 15.3. The number of fused-ring (bicyclic) bond motifs is 6. The number of benzene rings is 6. The van der Waals surface area contributed by atoms with Crippen LogP contribution in [0.15, 0.2) is 140 Å². The number of aromatic nitrogens is 3. The van der Waals surface area contributed by atoms with Crippen LogP contribution in [0.2, 0.25) is 0 Å². The van der Waals surface area contributed by atoms with E-state index in [4.69, 9.17) is 15.0 Å². The van der Waals surface area contributed by atoms with Gasteiger partial charge in [0.2, 0.25) is 0 Å². The number of hydrogen-bond acceptors (Lipinski definition) is 3. The molecule has 6 aromatic carbocycles. The van der Waals surface area contributed by atoms with E-state index >= 15 is 0 Å². The van der Waals surface area contributed by atoms with E-state index in [0.717, 1.165) is 76.5 Å². The maximum atomic E-state index is 5.24. The summed E-state index contributed by atoms with van der Waals surface area (Å²) < 4.78 is 0. The lowest BCUT2D eigenvalue weighted by molar-refractivity contribution is 1.48. The largest absolute Gasteiger partial charge is 0.248 e. The Morgan fingerprint density at radius 3 is 1.29 bits per heavy atom. The minimum atomic E-state index is 0.969. The zero-order chi connectivity index (χ0) is 27.6. The molecule has 0 aliphatic carbocycles. The molecule has 0 unspecified atom stereocenters. The van der Waals surface area contributed by atoms with Gasteiger partial charge in [-0.15, -0.1) is 0 Å². The fraction of sp³-hybridized carbons (Fsp3) is 0. The van der Waals surface area contributed by atoms with Gasteiger partial charge in [0.25, 0.3) is 0 Å².